The molecule has 0 aromatic heterocycles. The molecule has 0 bridgehead atoms. The van der Waals surface area contributed by atoms with Crippen molar-refractivity contribution in [2.75, 3.05) is 144 Å². The number of nitrogens with one attached hydrogen (secondary N) is 1. The van der Waals surface area contributed by atoms with E-state index in [2.05, 4.69) is 5.32 Å². The van der Waals surface area contributed by atoms with E-state index < -0.39 is 86.0 Å². The fourth-order valence-electron chi connectivity index (χ4n) is 9.90. The van der Waals surface area contributed by atoms with Gasteiger partial charge in [-0.3, -0.25) is 43.2 Å². The fourth-order valence-corrected chi connectivity index (χ4v) is 9.90. The van der Waals surface area contributed by atoms with Crippen molar-refractivity contribution in [3.05, 3.63) is 59.7 Å². The van der Waals surface area contributed by atoms with Gasteiger partial charge in [-0.1, -0.05) is 64.1 Å². The number of nitrogens with two attached hydrogens (primary N) is 6. The Labute approximate surface area is 521 Å². The van der Waals surface area contributed by atoms with Gasteiger partial charge in [0.1, 0.15) is 13.1 Å². The molecule has 1 aliphatic heterocycles. The van der Waals surface area contributed by atoms with Crippen LogP contribution in [0.3, 0.4) is 0 Å². The molecular formula is C62H105N15O11. The first-order chi connectivity index (χ1) is 42.2. The Morgan fingerprint density at radius 1 is 0.443 bits per heavy atom. The van der Waals surface area contributed by atoms with Crippen LogP contribution in [0.25, 0.3) is 0 Å². The van der Waals surface area contributed by atoms with Crippen molar-refractivity contribution in [3.63, 3.8) is 0 Å². The lowest BCUT2D eigenvalue weighted by molar-refractivity contribution is -0.150. The molecule has 1 atom stereocenters. The third-order valence-electron chi connectivity index (χ3n) is 14.7. The Morgan fingerprint density at radius 2 is 0.841 bits per heavy atom. The van der Waals surface area contributed by atoms with Gasteiger partial charge < -0.3 is 88.4 Å². The van der Waals surface area contributed by atoms with E-state index in [1.54, 1.807) is 25.1 Å². The molecule has 1 aliphatic rings. The molecule has 1 heterocycles. The van der Waals surface area contributed by atoms with Crippen molar-refractivity contribution in [3.8, 4) is 11.5 Å². The van der Waals surface area contributed by atoms with Crippen molar-refractivity contribution in [2.24, 2.45) is 46.2 Å². The molecule has 0 radical (unpaired) electrons. The predicted molar refractivity (Wildman–Crippen MR) is 337 cm³/mol. The highest BCUT2D eigenvalue weighted by molar-refractivity contribution is 5.94. The summed E-state index contributed by atoms with van der Waals surface area (Å²) in [5.74, 6) is -4.02. The number of ether oxygens (including phenoxy) is 2. The zero-order valence-electron chi connectivity index (χ0n) is 53.2. The van der Waals surface area contributed by atoms with Crippen LogP contribution in [0, 0.1) is 11.8 Å². The van der Waals surface area contributed by atoms with E-state index in [4.69, 9.17) is 43.9 Å². The van der Waals surface area contributed by atoms with Gasteiger partial charge in [-0.25, -0.2) is 0 Å². The van der Waals surface area contributed by atoms with Crippen LogP contribution in [0.1, 0.15) is 116 Å². The van der Waals surface area contributed by atoms with Crippen molar-refractivity contribution in [1.82, 2.24) is 44.5 Å². The van der Waals surface area contributed by atoms with Crippen LogP contribution in [0.5, 0.6) is 11.5 Å². The average molecular weight is 1240 g/mol. The molecule has 3 rings (SSSR count). The minimum atomic E-state index is -0.726. The van der Waals surface area contributed by atoms with E-state index in [0.29, 0.717) is 120 Å². The van der Waals surface area contributed by atoms with E-state index >= 15 is 14.4 Å². The van der Waals surface area contributed by atoms with Crippen LogP contribution in [-0.4, -0.2) is 237 Å². The molecule has 0 aliphatic carbocycles. The summed E-state index contributed by atoms with van der Waals surface area (Å²) in [7, 11) is 0. The molecule has 0 spiro atoms. The molecule has 0 saturated heterocycles. The van der Waals surface area contributed by atoms with Crippen LogP contribution in [0.2, 0.25) is 0 Å². The summed E-state index contributed by atoms with van der Waals surface area (Å²) in [6.45, 7) is 9.26. The number of rotatable bonds is 46. The summed E-state index contributed by atoms with van der Waals surface area (Å²) in [5.41, 5.74) is 35.7. The molecule has 26 nitrogen and oxygen atoms in total. The van der Waals surface area contributed by atoms with Gasteiger partial charge in [0, 0.05) is 45.8 Å². The number of hydrogen-bond acceptors (Lipinski definition) is 17. The number of amides is 9. The molecule has 2 aromatic carbocycles. The molecule has 0 fully saturated rings. The van der Waals surface area contributed by atoms with Crippen molar-refractivity contribution >= 4 is 53.2 Å². The first kappa shape index (κ1) is 75.3. The molecule has 88 heavy (non-hydrogen) atoms. The minimum absolute atomic E-state index is 0.0140. The highest BCUT2D eigenvalue weighted by Crippen LogP contribution is 2.33. The standard InChI is InChI=1S/C62H105N15O11/c1-47(2)35-74(55(79)34-69-28-14-9-23-63)41-57(81)73(32-18-13-27-67)44-62(86)77(49(5)51-19-7-6-8-20-51)45-61(85)76(37-50-21-22-52-53(33-50)88-46-87-52)43-59(83)72(31-17-12-26-66)40-60(84)75(36-48(3)4)42-58(82)71(30-16-11-25-65)39-56(80)70(38-54(68)78)29-15-10-24-64/h6-8,19-22,33,47-49,69H,9-18,23-32,34-46,63-67H2,1-5H3,(H2,68,78)/t49-/m1/s1. The second kappa shape index (κ2) is 42.0. The van der Waals surface area contributed by atoms with Crippen LogP contribution in [0.4, 0.5) is 0 Å². The SMILES string of the molecule is CC(C)CN(CC(=O)N(CCCCN)CC(=O)N(CC(=O)N(CC(=O)N(CCCCN)CC(=O)N(CC(=O)N(CCCCN)CC(=O)N(CCCCN)CC(N)=O)CC(C)C)Cc1ccc2c(c1)OCO2)[C@H](C)c1ccccc1)C(=O)CNCCCCN. The maximum absolute atomic E-state index is 15.3. The average Bonchev–Trinajstić information content (AvgIpc) is 4.17. The number of fused-ring (bicyclic) bond motifs is 1. The summed E-state index contributed by atoms with van der Waals surface area (Å²) in [5, 5.41) is 3.15. The van der Waals surface area contributed by atoms with Crippen LogP contribution < -0.4 is 49.2 Å². The summed E-state index contributed by atoms with van der Waals surface area (Å²) >= 11 is 0. The Kier molecular flexibility index (Phi) is 36.0. The second-order valence-electron chi connectivity index (χ2n) is 23.3. The maximum atomic E-state index is 15.3. The second-order valence-corrected chi connectivity index (χ2v) is 23.3. The van der Waals surface area contributed by atoms with Crippen LogP contribution in [-0.2, 0) is 49.7 Å². The topological polar surface area (TPSA) is 366 Å². The molecule has 0 saturated carbocycles. The highest BCUT2D eigenvalue weighted by Gasteiger charge is 2.33. The number of primary amides is 1. The lowest BCUT2D eigenvalue weighted by Crippen LogP contribution is -2.53. The molecule has 494 valence electrons. The number of nitrogens with zero attached hydrogens (tertiary/aromatic N) is 8. The van der Waals surface area contributed by atoms with Gasteiger partial charge in [-0.05, 0) is 145 Å². The number of carbonyl (C=O) groups excluding carboxylic acids is 9. The Bertz CT molecular complexity index is 2470. The monoisotopic (exact) mass is 1240 g/mol. The van der Waals surface area contributed by atoms with E-state index in [-0.39, 0.29) is 90.0 Å². The lowest BCUT2D eigenvalue weighted by atomic mass is 10.1. The maximum Gasteiger partial charge on any atom is 0.243 e. The number of benzene rings is 2. The summed E-state index contributed by atoms with van der Waals surface area (Å²) in [6, 6.07) is 13.5. The quantitative estimate of drug-likeness (QED) is 0.0441. The van der Waals surface area contributed by atoms with E-state index in [1.807, 2.05) is 58.0 Å². The lowest BCUT2D eigenvalue weighted by Gasteiger charge is -2.35. The van der Waals surface area contributed by atoms with Gasteiger partial charge >= 0.3 is 0 Å². The zero-order chi connectivity index (χ0) is 65.0. The van der Waals surface area contributed by atoms with Gasteiger partial charge in [0.05, 0.1) is 51.9 Å². The van der Waals surface area contributed by atoms with E-state index in [0.717, 1.165) is 12.8 Å². The van der Waals surface area contributed by atoms with Crippen molar-refractivity contribution in [1.29, 1.82) is 0 Å². The molecule has 13 N–H and O–H groups in total. The summed E-state index contributed by atoms with van der Waals surface area (Å²) in [6.07, 6.45) is 5.63. The molecule has 2 aromatic rings. The third kappa shape index (κ3) is 28.0. The Morgan fingerprint density at radius 3 is 1.31 bits per heavy atom. The molecule has 9 amide bonds. The Hall–Kier alpha value is -6.97. The summed E-state index contributed by atoms with van der Waals surface area (Å²) < 4.78 is 11.3. The van der Waals surface area contributed by atoms with Crippen LogP contribution >= 0.6 is 0 Å². The van der Waals surface area contributed by atoms with Gasteiger partial charge in [-0.15, -0.1) is 0 Å². The first-order valence-corrected chi connectivity index (χ1v) is 31.3. The van der Waals surface area contributed by atoms with Crippen LogP contribution in [0.15, 0.2) is 48.5 Å². The minimum Gasteiger partial charge on any atom is -0.454 e. The van der Waals surface area contributed by atoms with E-state index in [1.165, 1.54) is 39.2 Å². The van der Waals surface area contributed by atoms with Gasteiger partial charge in [0.25, 0.3) is 0 Å². The Balaban J connectivity index is 2.06. The van der Waals surface area contributed by atoms with E-state index in [9.17, 15) is 28.8 Å². The molecule has 0 unspecified atom stereocenters. The third-order valence-corrected chi connectivity index (χ3v) is 14.7. The normalized spacial score (nSPS) is 12.0. The molecule has 26 heteroatoms. The number of unbranched alkanes of at least 4 members (excludes halogenated alkanes) is 5. The number of carbonyl (C=O) groups is 9. The predicted octanol–water partition coefficient (Wildman–Crippen LogP) is 0.387. The van der Waals surface area contributed by atoms with Crippen molar-refractivity contribution < 1.29 is 52.6 Å². The first-order valence-electron chi connectivity index (χ1n) is 31.3. The summed E-state index contributed by atoms with van der Waals surface area (Å²) in [4.78, 5) is 139. The highest BCUT2D eigenvalue weighted by atomic mass is 16.7. The zero-order valence-corrected chi connectivity index (χ0v) is 53.2. The number of hydrogen-bond donors (Lipinski definition) is 7. The van der Waals surface area contributed by atoms with Crippen molar-refractivity contribution in [2.45, 2.75) is 111 Å². The fraction of sp³-hybridized carbons (Fsp3) is 0.661. The van der Waals surface area contributed by atoms with Gasteiger partial charge in [-0.2, -0.15) is 0 Å². The van der Waals surface area contributed by atoms with Gasteiger partial charge in [0.2, 0.25) is 60.0 Å². The largest absolute Gasteiger partial charge is 0.454 e. The van der Waals surface area contributed by atoms with Gasteiger partial charge in [0.15, 0.2) is 11.5 Å². The molecular weight excluding hydrogens is 1130 g/mol. The smallest absolute Gasteiger partial charge is 0.243 e.